The number of hydrogen-bond donors (Lipinski definition) is 0. The Kier molecular flexibility index (Phi) is 5.18. The van der Waals surface area contributed by atoms with E-state index < -0.39 is 0 Å². The van der Waals surface area contributed by atoms with Crippen LogP contribution in [0.15, 0.2) is 12.8 Å². The number of unbranched alkanes of at least 4 members (excludes halogenated alkanes) is 1. The van der Waals surface area contributed by atoms with E-state index in [1.165, 1.54) is 6.26 Å². The van der Waals surface area contributed by atoms with Gasteiger partial charge >= 0.3 is 0 Å². The van der Waals surface area contributed by atoms with Gasteiger partial charge in [0.15, 0.2) is 0 Å². The Bertz CT molecular complexity index is 41.4. The van der Waals surface area contributed by atoms with Crippen molar-refractivity contribution in [1.82, 2.24) is 0 Å². The topological polar surface area (TPSA) is 9.23 Å². The number of rotatable bonds is 4. The summed E-state index contributed by atoms with van der Waals surface area (Å²) in [7, 11) is 0. The van der Waals surface area contributed by atoms with E-state index in [-0.39, 0.29) is 0 Å². The number of ether oxygens (including phenoxy) is 1. The standard InChI is InChI=1S/C6H11O/c1-3-5-6-7-4-2/h3-4H,2,5-6H2,1H3. The summed E-state index contributed by atoms with van der Waals surface area (Å²) < 4.78 is 4.81. The Morgan fingerprint density at radius 3 is 2.86 bits per heavy atom. The van der Waals surface area contributed by atoms with Crippen molar-refractivity contribution in [3.63, 3.8) is 0 Å². The molecule has 0 heterocycles. The second-order valence-corrected chi connectivity index (χ2v) is 1.23. The molecule has 0 aliphatic rings. The Morgan fingerprint density at radius 2 is 2.43 bits per heavy atom. The number of hydrogen-bond acceptors (Lipinski definition) is 1. The molecule has 0 atom stereocenters. The molecule has 0 amide bonds. The normalized spacial score (nSPS) is 8.14. The molecule has 0 aliphatic carbocycles. The molecule has 0 aromatic carbocycles. The van der Waals surface area contributed by atoms with E-state index in [9.17, 15) is 0 Å². The first-order valence-corrected chi connectivity index (χ1v) is 2.42. The minimum Gasteiger partial charge on any atom is -0.502 e. The molecular formula is C6H11O. The van der Waals surface area contributed by atoms with Crippen molar-refractivity contribution in [2.45, 2.75) is 13.3 Å². The molecule has 7 heavy (non-hydrogen) atoms. The van der Waals surface area contributed by atoms with Gasteiger partial charge in [-0.05, 0) is 12.8 Å². The lowest BCUT2D eigenvalue weighted by atomic mass is 10.4. The predicted molar refractivity (Wildman–Crippen MR) is 30.7 cm³/mol. The van der Waals surface area contributed by atoms with Crippen molar-refractivity contribution in [3.05, 3.63) is 19.3 Å². The van der Waals surface area contributed by atoms with Gasteiger partial charge in [0.25, 0.3) is 0 Å². The highest BCUT2D eigenvalue weighted by atomic mass is 16.5. The molecule has 0 bridgehead atoms. The molecule has 0 unspecified atom stereocenters. The van der Waals surface area contributed by atoms with Crippen molar-refractivity contribution in [3.8, 4) is 0 Å². The molecule has 0 saturated heterocycles. The van der Waals surface area contributed by atoms with Crippen molar-refractivity contribution < 1.29 is 4.74 Å². The lowest BCUT2D eigenvalue weighted by Gasteiger charge is -1.93. The molecule has 0 aliphatic heterocycles. The first-order chi connectivity index (χ1) is 3.41. The molecular weight excluding hydrogens is 88.1 g/mol. The first-order valence-electron chi connectivity index (χ1n) is 2.42. The van der Waals surface area contributed by atoms with Gasteiger partial charge in [-0.15, -0.1) is 0 Å². The van der Waals surface area contributed by atoms with Crippen LogP contribution >= 0.6 is 0 Å². The quantitative estimate of drug-likeness (QED) is 0.385. The van der Waals surface area contributed by atoms with Crippen LogP contribution in [0.3, 0.4) is 0 Å². The molecule has 41 valence electrons. The SMILES string of the molecule is C=COCC[CH]C. The van der Waals surface area contributed by atoms with Crippen LogP contribution in [-0.2, 0) is 4.74 Å². The van der Waals surface area contributed by atoms with Gasteiger partial charge in [-0.25, -0.2) is 0 Å². The highest BCUT2D eigenvalue weighted by molar-refractivity contribution is 4.56. The Hall–Kier alpha value is -0.460. The second-order valence-electron chi connectivity index (χ2n) is 1.23. The average molecular weight is 99.2 g/mol. The van der Waals surface area contributed by atoms with Crippen molar-refractivity contribution in [1.29, 1.82) is 0 Å². The Labute approximate surface area is 45.0 Å². The van der Waals surface area contributed by atoms with Crippen molar-refractivity contribution >= 4 is 0 Å². The molecule has 0 N–H and O–H groups in total. The lowest BCUT2D eigenvalue weighted by molar-refractivity contribution is 0.254. The van der Waals surface area contributed by atoms with Gasteiger partial charge in [-0.1, -0.05) is 13.5 Å². The second kappa shape index (κ2) is 5.54. The largest absolute Gasteiger partial charge is 0.502 e. The van der Waals surface area contributed by atoms with Crippen molar-refractivity contribution in [2.75, 3.05) is 6.61 Å². The highest BCUT2D eigenvalue weighted by Gasteiger charge is 1.76. The zero-order chi connectivity index (χ0) is 5.54. The molecule has 0 aromatic rings. The fraction of sp³-hybridized carbons (Fsp3) is 0.500. The van der Waals surface area contributed by atoms with Crippen molar-refractivity contribution in [2.24, 2.45) is 0 Å². The van der Waals surface area contributed by atoms with E-state index >= 15 is 0 Å². The smallest absolute Gasteiger partial charge is 0.0875 e. The maximum atomic E-state index is 4.81. The molecule has 1 nitrogen and oxygen atoms in total. The third-order valence-corrected chi connectivity index (χ3v) is 0.642. The summed E-state index contributed by atoms with van der Waals surface area (Å²) >= 11 is 0. The van der Waals surface area contributed by atoms with Gasteiger partial charge in [0.1, 0.15) is 0 Å². The van der Waals surface area contributed by atoms with Crippen LogP contribution in [-0.4, -0.2) is 6.61 Å². The fourth-order valence-corrected chi connectivity index (χ4v) is 0.269. The van der Waals surface area contributed by atoms with Gasteiger partial charge in [0.2, 0.25) is 0 Å². The van der Waals surface area contributed by atoms with Gasteiger partial charge in [-0.3, -0.25) is 0 Å². The minimum absolute atomic E-state index is 0.764. The van der Waals surface area contributed by atoms with Crippen LogP contribution in [0.5, 0.6) is 0 Å². The van der Waals surface area contributed by atoms with Gasteiger partial charge in [-0.2, -0.15) is 0 Å². The molecule has 0 saturated carbocycles. The minimum atomic E-state index is 0.764. The van der Waals surface area contributed by atoms with E-state index in [0.29, 0.717) is 0 Å². The highest BCUT2D eigenvalue weighted by Crippen LogP contribution is 1.84. The molecule has 0 rings (SSSR count). The van der Waals surface area contributed by atoms with Gasteiger partial charge in [0.05, 0.1) is 12.9 Å². The van der Waals surface area contributed by atoms with E-state index in [2.05, 4.69) is 13.0 Å². The molecule has 0 spiro atoms. The van der Waals surface area contributed by atoms with Crippen LogP contribution in [0.25, 0.3) is 0 Å². The molecule has 0 aromatic heterocycles. The van der Waals surface area contributed by atoms with Crippen LogP contribution in [0.4, 0.5) is 0 Å². The van der Waals surface area contributed by atoms with Gasteiger partial charge in [0, 0.05) is 0 Å². The van der Waals surface area contributed by atoms with Crippen LogP contribution in [0.2, 0.25) is 0 Å². The average Bonchev–Trinajstić information content (AvgIpc) is 1.69. The third kappa shape index (κ3) is 5.54. The third-order valence-electron chi connectivity index (χ3n) is 0.642. The molecule has 1 heteroatoms. The van der Waals surface area contributed by atoms with Crippen LogP contribution in [0, 0.1) is 6.42 Å². The lowest BCUT2D eigenvalue weighted by Crippen LogP contribution is -1.83. The van der Waals surface area contributed by atoms with E-state index in [1.54, 1.807) is 0 Å². The zero-order valence-corrected chi connectivity index (χ0v) is 4.68. The van der Waals surface area contributed by atoms with E-state index in [1.807, 2.05) is 6.92 Å². The zero-order valence-electron chi connectivity index (χ0n) is 4.68. The monoisotopic (exact) mass is 99.1 g/mol. The summed E-state index contributed by atoms with van der Waals surface area (Å²) in [5.74, 6) is 0. The Balaban J connectivity index is 2.56. The summed E-state index contributed by atoms with van der Waals surface area (Å²) in [6.45, 7) is 6.17. The van der Waals surface area contributed by atoms with E-state index in [0.717, 1.165) is 13.0 Å². The predicted octanol–water partition coefficient (Wildman–Crippen LogP) is 1.76. The summed E-state index contributed by atoms with van der Waals surface area (Å²) in [5.41, 5.74) is 0. The van der Waals surface area contributed by atoms with Crippen LogP contribution in [0.1, 0.15) is 13.3 Å². The summed E-state index contributed by atoms with van der Waals surface area (Å²) in [5, 5.41) is 0. The summed E-state index contributed by atoms with van der Waals surface area (Å²) in [4.78, 5) is 0. The maximum absolute atomic E-state index is 4.81. The molecule has 1 radical (unpaired) electrons. The maximum Gasteiger partial charge on any atom is 0.0875 e. The summed E-state index contributed by atoms with van der Waals surface area (Å²) in [6.07, 6.45) is 4.53. The fourth-order valence-electron chi connectivity index (χ4n) is 0.269. The van der Waals surface area contributed by atoms with Gasteiger partial charge < -0.3 is 4.74 Å². The summed E-state index contributed by atoms with van der Waals surface area (Å²) in [6, 6.07) is 0. The molecule has 0 fully saturated rings. The first kappa shape index (κ1) is 6.54. The van der Waals surface area contributed by atoms with Crippen LogP contribution < -0.4 is 0 Å². The Morgan fingerprint density at radius 1 is 1.71 bits per heavy atom. The van der Waals surface area contributed by atoms with E-state index in [4.69, 9.17) is 4.74 Å².